The molecular weight excluding hydrogens is 176 g/mol. The van der Waals surface area contributed by atoms with Crippen LogP contribution in [0.15, 0.2) is 0 Å². The lowest BCUT2D eigenvalue weighted by atomic mass is 9.96. The lowest BCUT2D eigenvalue weighted by Crippen LogP contribution is -2.79. The van der Waals surface area contributed by atoms with Crippen LogP contribution in [-0.2, 0) is 0 Å². The van der Waals surface area contributed by atoms with Gasteiger partial charge in [0.2, 0.25) is 0 Å². The van der Waals surface area contributed by atoms with Gasteiger partial charge in [0, 0.05) is 24.2 Å². The minimum absolute atomic E-state index is 0.178. The maximum Gasteiger partial charge on any atom is 0.0871 e. The predicted octanol–water partition coefficient (Wildman–Crippen LogP) is -0.419. The molecule has 2 rings (SSSR count). The van der Waals surface area contributed by atoms with E-state index < -0.39 is 0 Å². The zero-order valence-electron chi connectivity index (χ0n) is 9.57. The van der Waals surface area contributed by atoms with Crippen molar-refractivity contribution < 1.29 is 0 Å². The van der Waals surface area contributed by atoms with E-state index >= 15 is 0 Å². The highest BCUT2D eigenvalue weighted by Crippen LogP contribution is 2.15. The van der Waals surface area contributed by atoms with Gasteiger partial charge in [-0.15, -0.1) is 0 Å². The lowest BCUT2D eigenvalue weighted by molar-refractivity contribution is 0.0955. The van der Waals surface area contributed by atoms with Crippen molar-refractivity contribution in [3.8, 4) is 0 Å². The molecule has 4 N–H and O–H groups in total. The van der Waals surface area contributed by atoms with E-state index in [0.717, 1.165) is 13.1 Å². The molecule has 0 aromatic rings. The van der Waals surface area contributed by atoms with Gasteiger partial charge < -0.3 is 0 Å². The fourth-order valence-corrected chi connectivity index (χ4v) is 2.18. The Kier molecular flexibility index (Phi) is 2.34. The zero-order valence-corrected chi connectivity index (χ0v) is 9.57. The van der Waals surface area contributed by atoms with E-state index in [4.69, 9.17) is 0 Å². The van der Waals surface area contributed by atoms with E-state index in [1.54, 1.807) is 0 Å². The molecule has 4 nitrogen and oxygen atoms in total. The van der Waals surface area contributed by atoms with Gasteiger partial charge in [-0.3, -0.25) is 21.3 Å². The standard InChI is InChI=1S/C10H22N4/c1-9(2)5-11-8-7(13-9)12-6-10(3,4)14-8/h7-8,11-14H,5-6H2,1-4H3/t7-,8+. The van der Waals surface area contributed by atoms with Crippen molar-refractivity contribution in [1.82, 2.24) is 21.3 Å². The van der Waals surface area contributed by atoms with E-state index in [0.29, 0.717) is 12.3 Å². The van der Waals surface area contributed by atoms with Crippen LogP contribution in [0.4, 0.5) is 0 Å². The number of rotatable bonds is 0. The Bertz CT molecular complexity index is 200. The van der Waals surface area contributed by atoms with Crippen LogP contribution in [0.1, 0.15) is 27.7 Å². The first-order chi connectivity index (χ1) is 6.38. The molecule has 0 aromatic heterocycles. The van der Waals surface area contributed by atoms with Gasteiger partial charge >= 0.3 is 0 Å². The SMILES string of the molecule is CC1(C)CN[C@H]2NC(C)(C)CN[C@@H]2N1. The molecule has 2 atom stereocenters. The largest absolute Gasteiger partial charge is 0.298 e. The molecule has 0 amide bonds. The molecule has 0 aliphatic carbocycles. The van der Waals surface area contributed by atoms with E-state index in [9.17, 15) is 0 Å². The van der Waals surface area contributed by atoms with Gasteiger partial charge in [0.05, 0.1) is 12.3 Å². The highest BCUT2D eigenvalue weighted by molar-refractivity contribution is 5.01. The van der Waals surface area contributed by atoms with E-state index in [-0.39, 0.29) is 11.1 Å². The molecule has 4 heteroatoms. The molecule has 2 aliphatic heterocycles. The van der Waals surface area contributed by atoms with Crippen LogP contribution in [-0.4, -0.2) is 36.5 Å². The topological polar surface area (TPSA) is 48.1 Å². The second kappa shape index (κ2) is 3.17. The minimum Gasteiger partial charge on any atom is -0.298 e. The van der Waals surface area contributed by atoms with Crippen LogP contribution in [0, 0.1) is 0 Å². The first kappa shape index (κ1) is 10.4. The van der Waals surface area contributed by atoms with Gasteiger partial charge in [0.25, 0.3) is 0 Å². The molecule has 0 unspecified atom stereocenters. The smallest absolute Gasteiger partial charge is 0.0871 e. The summed E-state index contributed by atoms with van der Waals surface area (Å²) in [5.41, 5.74) is 0.356. The Balaban J connectivity index is 2.01. The zero-order chi connectivity index (χ0) is 10.4. The minimum atomic E-state index is 0.178. The average Bonchev–Trinajstić information content (AvgIpc) is 2.04. The number of nitrogens with one attached hydrogen (secondary N) is 4. The number of piperazine rings is 2. The maximum atomic E-state index is 3.60. The first-order valence-electron chi connectivity index (χ1n) is 5.40. The third kappa shape index (κ3) is 2.08. The van der Waals surface area contributed by atoms with E-state index in [1.807, 2.05) is 0 Å². The molecule has 0 bridgehead atoms. The molecule has 0 radical (unpaired) electrons. The monoisotopic (exact) mass is 198 g/mol. The van der Waals surface area contributed by atoms with Crippen LogP contribution in [0.25, 0.3) is 0 Å². The first-order valence-corrected chi connectivity index (χ1v) is 5.40. The van der Waals surface area contributed by atoms with Crippen molar-refractivity contribution >= 4 is 0 Å². The normalized spacial score (nSPS) is 40.3. The van der Waals surface area contributed by atoms with Crippen LogP contribution in [0.5, 0.6) is 0 Å². The van der Waals surface area contributed by atoms with Crippen molar-refractivity contribution in [2.24, 2.45) is 0 Å². The third-order valence-corrected chi connectivity index (χ3v) is 2.95. The highest BCUT2D eigenvalue weighted by Gasteiger charge is 2.39. The summed E-state index contributed by atoms with van der Waals surface area (Å²) in [6.07, 6.45) is 0.679. The molecule has 82 valence electrons. The Morgan fingerprint density at radius 2 is 1.14 bits per heavy atom. The molecule has 0 saturated carbocycles. The highest BCUT2D eigenvalue weighted by atomic mass is 15.4. The van der Waals surface area contributed by atoms with Gasteiger partial charge in [0.1, 0.15) is 0 Å². The van der Waals surface area contributed by atoms with E-state index in [2.05, 4.69) is 49.0 Å². The van der Waals surface area contributed by atoms with Gasteiger partial charge in [-0.25, -0.2) is 0 Å². The summed E-state index contributed by atoms with van der Waals surface area (Å²) in [6, 6.07) is 0. The number of hydrogen-bond acceptors (Lipinski definition) is 4. The summed E-state index contributed by atoms with van der Waals surface area (Å²) in [5, 5.41) is 14.3. The van der Waals surface area contributed by atoms with Gasteiger partial charge in [0.15, 0.2) is 0 Å². The fourth-order valence-electron chi connectivity index (χ4n) is 2.18. The van der Waals surface area contributed by atoms with E-state index in [1.165, 1.54) is 0 Å². The van der Waals surface area contributed by atoms with Crippen molar-refractivity contribution in [2.75, 3.05) is 13.1 Å². The third-order valence-electron chi connectivity index (χ3n) is 2.95. The maximum absolute atomic E-state index is 3.60. The van der Waals surface area contributed by atoms with Gasteiger partial charge in [-0.2, -0.15) is 0 Å². The number of fused-ring (bicyclic) bond motifs is 1. The Morgan fingerprint density at radius 3 is 1.50 bits per heavy atom. The molecule has 2 fully saturated rings. The van der Waals surface area contributed by atoms with Crippen molar-refractivity contribution in [3.05, 3.63) is 0 Å². The Labute approximate surface area is 86.2 Å². The molecule has 2 aliphatic rings. The molecule has 14 heavy (non-hydrogen) atoms. The quantitative estimate of drug-likeness (QED) is 0.427. The number of hydrogen-bond donors (Lipinski definition) is 4. The molecule has 2 saturated heterocycles. The van der Waals surface area contributed by atoms with Crippen LogP contribution < -0.4 is 21.3 Å². The molecular formula is C10H22N4. The molecule has 0 spiro atoms. The summed E-state index contributed by atoms with van der Waals surface area (Å²) in [5.74, 6) is 0. The lowest BCUT2D eigenvalue weighted by Gasteiger charge is -2.50. The summed E-state index contributed by atoms with van der Waals surface area (Å²) in [4.78, 5) is 0. The van der Waals surface area contributed by atoms with Crippen LogP contribution >= 0.6 is 0 Å². The van der Waals surface area contributed by atoms with Crippen molar-refractivity contribution in [1.29, 1.82) is 0 Å². The predicted molar refractivity (Wildman–Crippen MR) is 58.0 cm³/mol. The van der Waals surface area contributed by atoms with Crippen LogP contribution in [0.3, 0.4) is 0 Å². The van der Waals surface area contributed by atoms with Crippen molar-refractivity contribution in [3.63, 3.8) is 0 Å². The van der Waals surface area contributed by atoms with Gasteiger partial charge in [-0.05, 0) is 27.7 Å². The molecule has 0 aromatic carbocycles. The molecule has 2 heterocycles. The average molecular weight is 198 g/mol. The second-order valence-corrected chi connectivity index (χ2v) is 5.77. The summed E-state index contributed by atoms with van der Waals surface area (Å²) in [6.45, 7) is 10.9. The summed E-state index contributed by atoms with van der Waals surface area (Å²) < 4.78 is 0. The summed E-state index contributed by atoms with van der Waals surface area (Å²) in [7, 11) is 0. The Hall–Kier alpha value is -0.160. The Morgan fingerprint density at radius 1 is 0.786 bits per heavy atom. The second-order valence-electron chi connectivity index (χ2n) is 5.77. The van der Waals surface area contributed by atoms with Gasteiger partial charge in [-0.1, -0.05) is 0 Å². The summed E-state index contributed by atoms with van der Waals surface area (Å²) >= 11 is 0. The fraction of sp³-hybridized carbons (Fsp3) is 1.00. The van der Waals surface area contributed by atoms with Crippen molar-refractivity contribution in [2.45, 2.75) is 51.1 Å². The van der Waals surface area contributed by atoms with Crippen LogP contribution in [0.2, 0.25) is 0 Å².